The van der Waals surface area contributed by atoms with Crippen LogP contribution in [0.1, 0.15) is 24.3 Å². The molecule has 6 nitrogen and oxygen atoms in total. The predicted octanol–water partition coefficient (Wildman–Crippen LogP) is 4.05. The van der Waals surface area contributed by atoms with Gasteiger partial charge in [0.2, 0.25) is 5.82 Å². The van der Waals surface area contributed by atoms with Crippen LogP contribution >= 0.6 is 0 Å². The second-order valence-corrected chi connectivity index (χ2v) is 6.71. The quantitative estimate of drug-likeness (QED) is 0.632. The summed E-state index contributed by atoms with van der Waals surface area (Å²) in [5.41, 5.74) is 1.46. The molecule has 4 rings (SSSR count). The van der Waals surface area contributed by atoms with Gasteiger partial charge < -0.3 is 14.2 Å². The van der Waals surface area contributed by atoms with Crippen LogP contribution in [0.25, 0.3) is 23.5 Å². The monoisotopic (exact) mass is 393 g/mol. The largest absolute Gasteiger partial charge is 0.483 e. The van der Waals surface area contributed by atoms with Crippen molar-refractivity contribution < 1.29 is 18.4 Å². The van der Waals surface area contributed by atoms with E-state index >= 15 is 0 Å². The molecule has 1 aliphatic heterocycles. The van der Waals surface area contributed by atoms with Crippen molar-refractivity contribution in [3.8, 4) is 17.1 Å². The summed E-state index contributed by atoms with van der Waals surface area (Å²) in [5.74, 6) is 0.894. The molecule has 148 valence electrons. The maximum absolute atomic E-state index is 13.0. The van der Waals surface area contributed by atoms with Crippen LogP contribution in [-0.2, 0) is 4.79 Å². The third kappa shape index (κ3) is 4.68. The molecule has 3 aromatic rings. The van der Waals surface area contributed by atoms with Gasteiger partial charge in [0.05, 0.1) is 5.56 Å². The highest BCUT2D eigenvalue weighted by atomic mass is 19.1. The van der Waals surface area contributed by atoms with Crippen LogP contribution in [0.15, 0.2) is 53.1 Å². The molecule has 0 N–H and O–H groups in total. The molecule has 0 bridgehead atoms. The number of hydrogen-bond acceptors (Lipinski definition) is 5. The number of para-hydroxylation sites is 1. The van der Waals surface area contributed by atoms with Crippen molar-refractivity contribution in [1.29, 1.82) is 0 Å². The lowest BCUT2D eigenvalue weighted by atomic mass is 10.2. The van der Waals surface area contributed by atoms with Gasteiger partial charge in [0.1, 0.15) is 11.6 Å². The molecule has 1 amide bonds. The number of nitrogens with zero attached hydrogens (tertiary/aromatic N) is 3. The molecule has 2 aromatic carbocycles. The number of halogens is 1. The number of benzene rings is 2. The van der Waals surface area contributed by atoms with Crippen molar-refractivity contribution >= 4 is 18.1 Å². The molecule has 1 aromatic heterocycles. The van der Waals surface area contributed by atoms with E-state index in [4.69, 9.17) is 9.26 Å². The molecule has 0 spiro atoms. The first-order valence-electron chi connectivity index (χ1n) is 9.46. The number of carbonyl (C=O) groups excluding carboxylic acids is 1. The third-order valence-electron chi connectivity index (χ3n) is 4.67. The minimum atomic E-state index is -0.290. The lowest BCUT2D eigenvalue weighted by molar-refractivity contribution is -0.132. The Morgan fingerprint density at radius 1 is 1.10 bits per heavy atom. The van der Waals surface area contributed by atoms with E-state index in [1.807, 2.05) is 23.1 Å². The van der Waals surface area contributed by atoms with Crippen molar-refractivity contribution in [2.24, 2.45) is 0 Å². The van der Waals surface area contributed by atoms with Crippen LogP contribution in [0.4, 0.5) is 4.39 Å². The zero-order chi connectivity index (χ0) is 20.1. The average molecular weight is 393 g/mol. The normalized spacial score (nSPS) is 13.9. The fourth-order valence-corrected chi connectivity index (χ4v) is 3.13. The van der Waals surface area contributed by atoms with Gasteiger partial charge in [0.25, 0.3) is 11.8 Å². The van der Waals surface area contributed by atoms with Crippen molar-refractivity contribution in [1.82, 2.24) is 15.0 Å². The fraction of sp³-hybridized carbons (Fsp3) is 0.227. The van der Waals surface area contributed by atoms with Crippen LogP contribution in [0.3, 0.4) is 0 Å². The number of amides is 1. The second kappa shape index (κ2) is 8.68. The van der Waals surface area contributed by atoms with Crippen molar-refractivity contribution in [2.45, 2.75) is 12.8 Å². The van der Waals surface area contributed by atoms with E-state index in [0.717, 1.165) is 31.5 Å². The van der Waals surface area contributed by atoms with Crippen LogP contribution in [-0.4, -0.2) is 40.6 Å². The molecule has 1 fully saturated rings. The summed E-state index contributed by atoms with van der Waals surface area (Å²) >= 11 is 0. The Morgan fingerprint density at radius 3 is 2.66 bits per heavy atom. The van der Waals surface area contributed by atoms with Gasteiger partial charge in [-0.1, -0.05) is 29.4 Å². The standard InChI is InChI=1S/C22H20FN3O3/c23-17-10-7-16(8-11-17)9-12-20-24-22(25-29-20)18-5-1-2-6-19(18)28-15-21(27)26-13-3-4-14-26/h1-2,5-12H,3-4,13-15H2. The Hall–Kier alpha value is -3.48. The van der Waals surface area contributed by atoms with E-state index in [2.05, 4.69) is 10.1 Å². The molecule has 0 unspecified atom stereocenters. The number of ether oxygens (including phenoxy) is 1. The van der Waals surface area contributed by atoms with Crippen LogP contribution < -0.4 is 4.74 Å². The third-order valence-corrected chi connectivity index (χ3v) is 4.67. The highest BCUT2D eigenvalue weighted by Gasteiger charge is 2.19. The summed E-state index contributed by atoms with van der Waals surface area (Å²) < 4.78 is 24.0. The topological polar surface area (TPSA) is 68.5 Å². The van der Waals surface area contributed by atoms with Gasteiger partial charge >= 0.3 is 0 Å². The fourth-order valence-electron chi connectivity index (χ4n) is 3.13. The average Bonchev–Trinajstić information content (AvgIpc) is 3.44. The van der Waals surface area contributed by atoms with Gasteiger partial charge in [0.15, 0.2) is 6.61 Å². The highest BCUT2D eigenvalue weighted by Crippen LogP contribution is 2.28. The van der Waals surface area contributed by atoms with Crippen LogP contribution in [0.2, 0.25) is 0 Å². The SMILES string of the molecule is O=C(COc1ccccc1-c1noc(C=Cc2ccc(F)cc2)n1)N1CCCC1. The van der Waals surface area contributed by atoms with Gasteiger partial charge in [-0.15, -0.1) is 0 Å². The molecular formula is C22H20FN3O3. The van der Waals surface area contributed by atoms with Crippen molar-refractivity contribution in [2.75, 3.05) is 19.7 Å². The van der Waals surface area contributed by atoms with Crippen LogP contribution in [0, 0.1) is 5.82 Å². The Bertz CT molecular complexity index is 1010. The first kappa shape index (κ1) is 18.9. The number of carbonyl (C=O) groups is 1. The van der Waals surface area contributed by atoms with Crippen molar-refractivity contribution in [3.05, 3.63) is 65.8 Å². The lowest BCUT2D eigenvalue weighted by Gasteiger charge is -2.16. The lowest BCUT2D eigenvalue weighted by Crippen LogP contribution is -2.32. The summed E-state index contributed by atoms with van der Waals surface area (Å²) in [6.07, 6.45) is 5.50. The van der Waals surface area contributed by atoms with Crippen molar-refractivity contribution in [3.63, 3.8) is 0 Å². The predicted molar refractivity (Wildman–Crippen MR) is 106 cm³/mol. The Morgan fingerprint density at radius 2 is 1.86 bits per heavy atom. The summed E-state index contributed by atoms with van der Waals surface area (Å²) in [6, 6.07) is 13.3. The van der Waals surface area contributed by atoms with Gasteiger partial charge in [-0.3, -0.25) is 4.79 Å². The van der Waals surface area contributed by atoms with E-state index in [9.17, 15) is 9.18 Å². The molecular weight excluding hydrogens is 373 g/mol. The Kier molecular flexibility index (Phi) is 5.65. The Balaban J connectivity index is 1.46. The number of hydrogen-bond donors (Lipinski definition) is 0. The molecule has 29 heavy (non-hydrogen) atoms. The van der Waals surface area contributed by atoms with E-state index in [1.165, 1.54) is 12.1 Å². The molecule has 0 radical (unpaired) electrons. The van der Waals surface area contributed by atoms with E-state index in [-0.39, 0.29) is 18.3 Å². The molecule has 7 heteroatoms. The number of aromatic nitrogens is 2. The van der Waals surface area contributed by atoms with Gasteiger partial charge in [-0.25, -0.2) is 4.39 Å². The molecule has 2 heterocycles. The number of rotatable bonds is 6. The zero-order valence-corrected chi connectivity index (χ0v) is 15.8. The molecule has 0 atom stereocenters. The first-order valence-corrected chi connectivity index (χ1v) is 9.46. The van der Waals surface area contributed by atoms with E-state index in [1.54, 1.807) is 30.4 Å². The van der Waals surface area contributed by atoms with Crippen LogP contribution in [0.5, 0.6) is 5.75 Å². The molecule has 0 saturated carbocycles. The molecule has 0 aliphatic carbocycles. The van der Waals surface area contributed by atoms with E-state index in [0.29, 0.717) is 23.0 Å². The molecule has 1 saturated heterocycles. The first-order chi connectivity index (χ1) is 14.2. The van der Waals surface area contributed by atoms with Gasteiger partial charge in [-0.2, -0.15) is 4.98 Å². The van der Waals surface area contributed by atoms with Gasteiger partial charge in [-0.05, 0) is 48.7 Å². The maximum Gasteiger partial charge on any atom is 0.260 e. The summed E-state index contributed by atoms with van der Waals surface area (Å²) in [4.78, 5) is 18.4. The summed E-state index contributed by atoms with van der Waals surface area (Å²) in [5, 5.41) is 4.01. The Labute approximate surface area is 167 Å². The maximum atomic E-state index is 13.0. The molecule has 1 aliphatic rings. The smallest absolute Gasteiger partial charge is 0.260 e. The minimum absolute atomic E-state index is 0.0201. The zero-order valence-electron chi connectivity index (χ0n) is 15.8. The summed E-state index contributed by atoms with van der Waals surface area (Å²) in [7, 11) is 0. The highest BCUT2D eigenvalue weighted by molar-refractivity contribution is 5.78. The van der Waals surface area contributed by atoms with E-state index < -0.39 is 0 Å². The minimum Gasteiger partial charge on any atom is -0.483 e. The second-order valence-electron chi connectivity index (χ2n) is 6.71. The summed E-state index contributed by atoms with van der Waals surface area (Å²) in [6.45, 7) is 1.56. The van der Waals surface area contributed by atoms with Gasteiger partial charge in [0, 0.05) is 19.2 Å². The number of likely N-dealkylation sites (tertiary alicyclic amines) is 1.